The quantitative estimate of drug-likeness (QED) is 0.120. The zero-order chi connectivity index (χ0) is 35.8. The van der Waals surface area contributed by atoms with Gasteiger partial charge < -0.3 is 64.9 Å². The van der Waals surface area contributed by atoms with Crippen LogP contribution in [-0.2, 0) is 28.5 Å². The molecule has 49 heavy (non-hydrogen) atoms. The summed E-state index contributed by atoms with van der Waals surface area (Å²) in [6.07, 6.45) is -7.54. The molecule has 2 aliphatic heterocycles. The highest BCUT2D eigenvalue weighted by atomic mass is 16.8. The molecular formula is C34H50O15. The Morgan fingerprint density at radius 3 is 2.37 bits per heavy atom. The second-order valence-corrected chi connectivity index (χ2v) is 15.4. The second-order valence-electron chi connectivity index (χ2n) is 15.4. The largest absolute Gasteiger partial charge is 0.394 e. The number of hydrogen-bond acceptors (Lipinski definition) is 15. The first kappa shape index (κ1) is 37.1. The molecule has 6 aliphatic rings. The van der Waals surface area contributed by atoms with Crippen molar-refractivity contribution in [2.75, 3.05) is 26.4 Å². The minimum absolute atomic E-state index is 0.0467. The minimum atomic E-state index is -2.32. The maximum atomic E-state index is 14.0. The number of ether oxygens (including phenoxy) is 4. The average molecular weight is 699 g/mol. The van der Waals surface area contributed by atoms with Crippen LogP contribution in [0, 0.1) is 34.5 Å². The van der Waals surface area contributed by atoms with Gasteiger partial charge in [-0.2, -0.15) is 0 Å². The number of carbonyl (C=O) groups excluding carboxylic acids is 2. The van der Waals surface area contributed by atoms with Gasteiger partial charge in [0.15, 0.2) is 17.9 Å². The molecule has 3 saturated carbocycles. The summed E-state index contributed by atoms with van der Waals surface area (Å²) in [5.74, 6) is -3.52. The number of aliphatic hydroxyl groups excluding tert-OH is 8. The molecule has 0 aromatic rings. The van der Waals surface area contributed by atoms with Gasteiger partial charge >= 0.3 is 0 Å². The van der Waals surface area contributed by atoms with Crippen molar-refractivity contribution in [1.82, 2.24) is 0 Å². The summed E-state index contributed by atoms with van der Waals surface area (Å²) < 4.78 is 22.5. The van der Waals surface area contributed by atoms with Crippen LogP contribution in [0.2, 0.25) is 0 Å². The third-order valence-corrected chi connectivity index (χ3v) is 12.9. The predicted octanol–water partition coefficient (Wildman–Crippen LogP) is -2.55. The van der Waals surface area contributed by atoms with Gasteiger partial charge in [-0.05, 0) is 55.6 Å². The molecule has 6 rings (SSSR count). The van der Waals surface area contributed by atoms with Gasteiger partial charge in [-0.15, -0.1) is 0 Å². The summed E-state index contributed by atoms with van der Waals surface area (Å²) >= 11 is 0. The molecule has 0 aromatic carbocycles. The summed E-state index contributed by atoms with van der Waals surface area (Å²) in [7, 11) is 0. The summed E-state index contributed by atoms with van der Waals surface area (Å²) in [4.78, 5) is 26.2. The van der Waals surface area contributed by atoms with Crippen LogP contribution < -0.4 is 0 Å². The van der Waals surface area contributed by atoms with Crippen molar-refractivity contribution in [3.63, 3.8) is 0 Å². The second kappa shape index (κ2) is 13.1. The molecule has 2 unspecified atom stereocenters. The fraction of sp³-hybridized carbons (Fsp3) is 0.824. The third-order valence-electron chi connectivity index (χ3n) is 12.9. The first-order valence-electron chi connectivity index (χ1n) is 17.1. The Morgan fingerprint density at radius 1 is 1.02 bits per heavy atom. The lowest BCUT2D eigenvalue weighted by Crippen LogP contribution is -2.63. The number of allylic oxidation sites excluding steroid dienone is 4. The molecule has 276 valence electrons. The van der Waals surface area contributed by atoms with Crippen molar-refractivity contribution in [1.29, 1.82) is 0 Å². The lowest BCUT2D eigenvalue weighted by Gasteiger charge is -2.60. The van der Waals surface area contributed by atoms with E-state index < -0.39 is 110 Å². The monoisotopic (exact) mass is 698 g/mol. The zero-order valence-corrected chi connectivity index (χ0v) is 27.9. The van der Waals surface area contributed by atoms with Gasteiger partial charge in [0, 0.05) is 16.7 Å². The first-order valence-corrected chi connectivity index (χ1v) is 17.1. The number of aliphatic hydroxyl groups is 9. The van der Waals surface area contributed by atoms with Gasteiger partial charge in [-0.3, -0.25) is 9.59 Å². The lowest BCUT2D eigenvalue weighted by molar-refractivity contribution is -0.319. The molecule has 0 amide bonds. The number of fused-ring (bicyclic) bond motifs is 5. The van der Waals surface area contributed by atoms with E-state index in [4.69, 9.17) is 18.9 Å². The number of ketones is 2. The van der Waals surface area contributed by atoms with Gasteiger partial charge in [-0.1, -0.05) is 32.4 Å². The van der Waals surface area contributed by atoms with Crippen molar-refractivity contribution in [2.45, 2.75) is 113 Å². The van der Waals surface area contributed by atoms with Crippen LogP contribution in [0.3, 0.4) is 0 Å². The van der Waals surface area contributed by atoms with E-state index in [0.29, 0.717) is 12.8 Å². The SMILES string of the molecule is C[C@H]1C[C@@H]2[C@H]([C@@H](O)C[C@@]3(C)[C@H]2CC[C@]3(O)C(=O)COC2(CO)O[C@H](CO)[C@@H](OC3O[C@@H](CO)[C@@H](O)[C@@H](O)[C@@H]3O)[C@@H]2O)[C@@]2(C)C=CC(=O)C=C12. The molecule has 5 fully saturated rings. The highest BCUT2D eigenvalue weighted by Gasteiger charge is 2.69. The van der Waals surface area contributed by atoms with Crippen LogP contribution in [0.5, 0.6) is 0 Å². The van der Waals surface area contributed by atoms with Gasteiger partial charge in [0.05, 0.1) is 19.3 Å². The van der Waals surface area contributed by atoms with Crippen LogP contribution in [0.15, 0.2) is 23.8 Å². The van der Waals surface area contributed by atoms with Crippen molar-refractivity contribution >= 4 is 11.6 Å². The van der Waals surface area contributed by atoms with Gasteiger partial charge in [0.2, 0.25) is 5.79 Å². The smallest absolute Gasteiger partial charge is 0.222 e. The highest BCUT2D eigenvalue weighted by molar-refractivity contribution is 6.01. The molecule has 2 saturated heterocycles. The Hall–Kier alpha value is -1.70. The molecule has 4 aliphatic carbocycles. The van der Waals surface area contributed by atoms with E-state index in [1.807, 2.05) is 13.0 Å². The van der Waals surface area contributed by atoms with E-state index in [2.05, 4.69) is 6.92 Å². The highest BCUT2D eigenvalue weighted by Crippen LogP contribution is 2.67. The van der Waals surface area contributed by atoms with E-state index in [0.717, 1.165) is 5.57 Å². The summed E-state index contributed by atoms with van der Waals surface area (Å²) in [6.45, 7) is 2.54. The molecule has 0 bridgehead atoms. The molecule has 0 spiro atoms. The van der Waals surface area contributed by atoms with Crippen molar-refractivity contribution < 1.29 is 74.5 Å². The Morgan fingerprint density at radius 2 is 1.71 bits per heavy atom. The molecule has 17 atom stereocenters. The summed E-state index contributed by atoms with van der Waals surface area (Å²) in [6, 6.07) is 0. The Balaban J connectivity index is 1.18. The van der Waals surface area contributed by atoms with E-state index in [1.54, 1.807) is 19.1 Å². The van der Waals surface area contributed by atoms with Gasteiger partial charge in [-0.25, -0.2) is 0 Å². The van der Waals surface area contributed by atoms with Crippen molar-refractivity contribution in [3.05, 3.63) is 23.8 Å². The number of carbonyl (C=O) groups is 2. The van der Waals surface area contributed by atoms with E-state index in [-0.39, 0.29) is 42.3 Å². The van der Waals surface area contributed by atoms with E-state index in [1.165, 1.54) is 0 Å². The van der Waals surface area contributed by atoms with Crippen LogP contribution in [0.4, 0.5) is 0 Å². The fourth-order valence-corrected chi connectivity index (χ4v) is 10.3. The Labute approximate surface area is 283 Å². The molecule has 0 aromatic heterocycles. The van der Waals surface area contributed by atoms with Gasteiger partial charge in [0.25, 0.3) is 0 Å². The van der Waals surface area contributed by atoms with E-state index in [9.17, 15) is 55.5 Å². The summed E-state index contributed by atoms with van der Waals surface area (Å²) in [5.41, 5.74) is -2.55. The Kier molecular flexibility index (Phi) is 9.88. The molecule has 2 heterocycles. The topological polar surface area (TPSA) is 253 Å². The molecule has 0 radical (unpaired) electrons. The van der Waals surface area contributed by atoms with Crippen LogP contribution in [0.1, 0.15) is 46.5 Å². The molecule has 9 N–H and O–H groups in total. The Bertz CT molecular complexity index is 1350. The third kappa shape index (κ3) is 5.52. The average Bonchev–Trinajstić information content (AvgIpc) is 3.50. The number of rotatable bonds is 9. The maximum Gasteiger partial charge on any atom is 0.222 e. The number of Topliss-reactive ketones (excluding diaryl/α,β-unsaturated/α-hetero) is 1. The minimum Gasteiger partial charge on any atom is -0.394 e. The van der Waals surface area contributed by atoms with Crippen LogP contribution in [0.25, 0.3) is 0 Å². The zero-order valence-electron chi connectivity index (χ0n) is 27.9. The molecular weight excluding hydrogens is 648 g/mol. The standard InChI is InChI=1S/C34H50O15/c1-15-8-17-18-5-7-33(45,32(18,3)10-20(39)24(17)31(2)6-4-16(38)9-19(15)31)23(40)13-46-34(14-37)29(44)28(22(12-36)49-34)48-30-27(43)26(42)25(41)21(11-35)47-30/h4,6,9,15,17-18,20-22,24-30,35-37,39,41-45H,5,7-8,10-14H2,1-3H3/t15-,17-,18-,20-,21-,22+,24+,25+,26+,27-,28+,29-,30?,31-,32-,33-,34?/m0/s1. The maximum absolute atomic E-state index is 14.0. The number of hydrogen-bond donors (Lipinski definition) is 9. The van der Waals surface area contributed by atoms with Gasteiger partial charge in [0.1, 0.15) is 61.5 Å². The van der Waals surface area contributed by atoms with Crippen molar-refractivity contribution in [3.8, 4) is 0 Å². The van der Waals surface area contributed by atoms with Crippen molar-refractivity contribution in [2.24, 2.45) is 34.5 Å². The van der Waals surface area contributed by atoms with E-state index >= 15 is 0 Å². The fourth-order valence-electron chi connectivity index (χ4n) is 10.3. The first-order chi connectivity index (χ1) is 23.0. The molecule has 15 nitrogen and oxygen atoms in total. The van der Waals surface area contributed by atoms with Crippen LogP contribution >= 0.6 is 0 Å². The summed E-state index contributed by atoms with van der Waals surface area (Å²) in [5, 5.41) is 95.7. The van der Waals surface area contributed by atoms with Crippen LogP contribution in [-0.4, -0.2) is 150 Å². The molecule has 15 heteroatoms. The normalized spacial score (nSPS) is 52.4. The lowest BCUT2D eigenvalue weighted by atomic mass is 9.45. The predicted molar refractivity (Wildman–Crippen MR) is 165 cm³/mol.